The Labute approximate surface area is 129 Å². The maximum absolute atomic E-state index is 13.0. The van der Waals surface area contributed by atoms with Crippen molar-refractivity contribution in [3.05, 3.63) is 34.6 Å². The van der Waals surface area contributed by atoms with Crippen LogP contribution < -0.4 is 10.6 Å². The van der Waals surface area contributed by atoms with Crippen molar-refractivity contribution in [2.24, 2.45) is 11.3 Å². The maximum atomic E-state index is 13.0. The van der Waals surface area contributed by atoms with Crippen molar-refractivity contribution >= 4 is 17.5 Å². The zero-order valence-corrected chi connectivity index (χ0v) is 12.7. The minimum Gasteiger partial charge on any atom is -0.356 e. The smallest absolute Gasteiger partial charge is 0.223 e. The first-order valence-corrected chi connectivity index (χ1v) is 7.91. The topological polar surface area (TPSA) is 41.1 Å². The summed E-state index contributed by atoms with van der Waals surface area (Å²) in [6, 6.07) is 4.38. The van der Waals surface area contributed by atoms with E-state index in [2.05, 4.69) is 10.6 Å². The fourth-order valence-corrected chi connectivity index (χ4v) is 3.63. The van der Waals surface area contributed by atoms with E-state index in [-0.39, 0.29) is 23.1 Å². The number of benzene rings is 1. The van der Waals surface area contributed by atoms with Crippen LogP contribution in [-0.2, 0) is 11.2 Å². The first kappa shape index (κ1) is 14.8. The molecule has 21 heavy (non-hydrogen) atoms. The fraction of sp³-hybridized carbons (Fsp3) is 0.562. The molecule has 0 bridgehead atoms. The number of piperidine rings is 1. The van der Waals surface area contributed by atoms with Gasteiger partial charge >= 0.3 is 0 Å². The maximum Gasteiger partial charge on any atom is 0.223 e. The van der Waals surface area contributed by atoms with Crippen molar-refractivity contribution in [3.63, 3.8) is 0 Å². The van der Waals surface area contributed by atoms with E-state index >= 15 is 0 Å². The first-order chi connectivity index (χ1) is 10.1. The first-order valence-electron chi connectivity index (χ1n) is 7.53. The number of nitrogens with one attached hydrogen (secondary N) is 2. The second kappa shape index (κ2) is 5.93. The van der Waals surface area contributed by atoms with Crippen LogP contribution in [0.25, 0.3) is 0 Å². The number of amides is 1. The highest BCUT2D eigenvalue weighted by Crippen LogP contribution is 2.58. The van der Waals surface area contributed by atoms with E-state index in [4.69, 9.17) is 11.6 Å². The second-order valence-electron chi connectivity index (χ2n) is 6.15. The van der Waals surface area contributed by atoms with E-state index in [9.17, 15) is 9.18 Å². The molecule has 1 unspecified atom stereocenters. The Morgan fingerprint density at radius 1 is 1.43 bits per heavy atom. The van der Waals surface area contributed by atoms with Crippen LogP contribution in [0.2, 0.25) is 5.02 Å². The van der Waals surface area contributed by atoms with Gasteiger partial charge in [-0.05, 0) is 61.9 Å². The summed E-state index contributed by atoms with van der Waals surface area (Å²) in [5.74, 6) is 0.0111. The Morgan fingerprint density at radius 2 is 2.19 bits per heavy atom. The number of rotatable bonds is 4. The summed E-state index contributed by atoms with van der Waals surface area (Å²) in [6.07, 6.45) is 3.87. The Balaban J connectivity index is 1.46. The van der Waals surface area contributed by atoms with Crippen molar-refractivity contribution in [1.29, 1.82) is 0 Å². The molecule has 2 N–H and O–H groups in total. The van der Waals surface area contributed by atoms with E-state index in [1.807, 2.05) is 0 Å². The van der Waals surface area contributed by atoms with Crippen LogP contribution in [0.5, 0.6) is 0 Å². The summed E-state index contributed by atoms with van der Waals surface area (Å²) < 4.78 is 13.0. The lowest BCUT2D eigenvalue weighted by molar-refractivity contribution is -0.123. The molecule has 1 spiro atoms. The van der Waals surface area contributed by atoms with Gasteiger partial charge in [0.2, 0.25) is 5.91 Å². The predicted molar refractivity (Wildman–Crippen MR) is 80.8 cm³/mol. The molecule has 1 aliphatic carbocycles. The van der Waals surface area contributed by atoms with Gasteiger partial charge in [-0.2, -0.15) is 0 Å². The Morgan fingerprint density at radius 3 is 2.90 bits per heavy atom. The van der Waals surface area contributed by atoms with E-state index < -0.39 is 0 Å². The largest absolute Gasteiger partial charge is 0.356 e. The summed E-state index contributed by atoms with van der Waals surface area (Å²) in [4.78, 5) is 12.2. The summed E-state index contributed by atoms with van der Waals surface area (Å²) in [5.41, 5.74) is 1.13. The van der Waals surface area contributed by atoms with Gasteiger partial charge in [0.05, 0.1) is 0 Å². The average molecular weight is 311 g/mol. The highest BCUT2D eigenvalue weighted by atomic mass is 35.5. The molecular formula is C16H20ClFN2O. The summed E-state index contributed by atoms with van der Waals surface area (Å²) in [6.45, 7) is 2.60. The van der Waals surface area contributed by atoms with Crippen molar-refractivity contribution in [2.45, 2.75) is 25.7 Å². The normalized spacial score (nSPS) is 23.0. The van der Waals surface area contributed by atoms with Gasteiger partial charge in [-0.25, -0.2) is 4.39 Å². The number of carbonyl (C=O) groups excluding carboxylic acids is 1. The van der Waals surface area contributed by atoms with Gasteiger partial charge in [-0.1, -0.05) is 17.7 Å². The summed E-state index contributed by atoms with van der Waals surface area (Å²) in [7, 11) is 0. The fourth-order valence-electron chi connectivity index (χ4n) is 3.36. The molecule has 2 fully saturated rings. The lowest BCUT2D eigenvalue weighted by Gasteiger charge is -2.23. The average Bonchev–Trinajstić information content (AvgIpc) is 3.15. The van der Waals surface area contributed by atoms with Crippen LogP contribution >= 0.6 is 11.6 Å². The SMILES string of the molecule is O=C(NCCc1ccc(F)cc1Cl)C1CC12CCNCC2. The molecule has 1 saturated heterocycles. The predicted octanol–water partition coefficient (Wildman–Crippen LogP) is 2.53. The van der Waals surface area contributed by atoms with Crippen LogP contribution in [0, 0.1) is 17.2 Å². The molecule has 0 aromatic heterocycles. The molecular weight excluding hydrogens is 291 g/mol. The lowest BCUT2D eigenvalue weighted by Crippen LogP contribution is -2.34. The van der Waals surface area contributed by atoms with E-state index in [1.54, 1.807) is 6.07 Å². The van der Waals surface area contributed by atoms with Gasteiger partial charge in [0, 0.05) is 17.5 Å². The van der Waals surface area contributed by atoms with Gasteiger partial charge in [0.15, 0.2) is 0 Å². The zero-order chi connectivity index (χ0) is 14.9. The Hall–Kier alpha value is -1.13. The number of hydrogen-bond acceptors (Lipinski definition) is 2. The van der Waals surface area contributed by atoms with Crippen LogP contribution in [0.15, 0.2) is 18.2 Å². The molecule has 0 radical (unpaired) electrons. The molecule has 1 atom stereocenters. The third-order valence-electron chi connectivity index (χ3n) is 4.81. The van der Waals surface area contributed by atoms with Crippen molar-refractivity contribution in [1.82, 2.24) is 10.6 Å². The monoisotopic (exact) mass is 310 g/mol. The third kappa shape index (κ3) is 3.22. The molecule has 1 aliphatic heterocycles. The Kier molecular flexibility index (Phi) is 4.18. The molecule has 114 valence electrons. The lowest BCUT2D eigenvalue weighted by atomic mass is 9.92. The van der Waals surface area contributed by atoms with Crippen LogP contribution in [0.1, 0.15) is 24.8 Å². The van der Waals surface area contributed by atoms with E-state index in [1.165, 1.54) is 12.1 Å². The zero-order valence-electron chi connectivity index (χ0n) is 11.9. The molecule has 5 heteroatoms. The minimum atomic E-state index is -0.335. The highest BCUT2D eigenvalue weighted by molar-refractivity contribution is 6.31. The van der Waals surface area contributed by atoms with Crippen LogP contribution in [-0.4, -0.2) is 25.5 Å². The van der Waals surface area contributed by atoms with Gasteiger partial charge in [-0.3, -0.25) is 4.79 Å². The molecule has 3 rings (SSSR count). The van der Waals surface area contributed by atoms with Crippen LogP contribution in [0.3, 0.4) is 0 Å². The van der Waals surface area contributed by atoms with Crippen molar-refractivity contribution in [3.8, 4) is 0 Å². The highest BCUT2D eigenvalue weighted by Gasteiger charge is 2.57. The molecule has 1 saturated carbocycles. The Bertz CT molecular complexity index is 543. The van der Waals surface area contributed by atoms with E-state index in [0.29, 0.717) is 18.0 Å². The quantitative estimate of drug-likeness (QED) is 0.897. The molecule has 1 amide bonds. The minimum absolute atomic E-state index is 0.162. The third-order valence-corrected chi connectivity index (χ3v) is 5.17. The summed E-state index contributed by atoms with van der Waals surface area (Å²) in [5, 5.41) is 6.75. The van der Waals surface area contributed by atoms with Crippen molar-refractivity contribution < 1.29 is 9.18 Å². The summed E-state index contributed by atoms with van der Waals surface area (Å²) >= 11 is 5.98. The van der Waals surface area contributed by atoms with Gasteiger partial charge in [-0.15, -0.1) is 0 Å². The van der Waals surface area contributed by atoms with Crippen molar-refractivity contribution in [2.75, 3.05) is 19.6 Å². The molecule has 3 nitrogen and oxygen atoms in total. The number of carbonyl (C=O) groups is 1. The molecule has 1 aromatic carbocycles. The van der Waals surface area contributed by atoms with Gasteiger partial charge in [0.1, 0.15) is 5.82 Å². The van der Waals surface area contributed by atoms with Gasteiger partial charge in [0.25, 0.3) is 0 Å². The standard InChI is InChI=1S/C16H20ClFN2O/c17-14-9-12(18)2-1-11(14)3-6-20-15(21)13-10-16(13)4-7-19-8-5-16/h1-2,9,13,19H,3-8,10H2,(H,20,21). The second-order valence-corrected chi connectivity index (χ2v) is 6.55. The number of halogens is 2. The van der Waals surface area contributed by atoms with Crippen LogP contribution in [0.4, 0.5) is 4.39 Å². The van der Waals surface area contributed by atoms with Gasteiger partial charge < -0.3 is 10.6 Å². The number of hydrogen-bond donors (Lipinski definition) is 2. The molecule has 2 aliphatic rings. The molecule has 1 aromatic rings. The van der Waals surface area contributed by atoms with E-state index in [0.717, 1.165) is 37.9 Å². The molecule has 1 heterocycles.